The fraction of sp³-hybridized carbons (Fsp3) is 0.571. The van der Waals surface area contributed by atoms with Crippen LogP contribution in [-0.4, -0.2) is 30.5 Å². The van der Waals surface area contributed by atoms with E-state index in [1.807, 2.05) is 26.0 Å². The average molecular weight is 248 g/mol. The molecule has 1 saturated heterocycles. The van der Waals surface area contributed by atoms with Gasteiger partial charge in [-0.3, -0.25) is 0 Å². The number of rotatable bonds is 4. The molecule has 2 rings (SSSR count). The molecule has 0 spiro atoms. The number of hydrogen-bond donors (Lipinski definition) is 0. The summed E-state index contributed by atoms with van der Waals surface area (Å²) in [6.07, 6.45) is 4.96. The number of aldehydes is 1. The minimum Gasteiger partial charge on any atom is -0.487 e. The molecule has 1 aromatic heterocycles. The summed E-state index contributed by atoms with van der Waals surface area (Å²) in [5, 5.41) is 0. The largest absolute Gasteiger partial charge is 0.487 e. The molecule has 1 unspecified atom stereocenters. The zero-order valence-corrected chi connectivity index (χ0v) is 11.0. The van der Waals surface area contributed by atoms with Gasteiger partial charge in [0, 0.05) is 25.2 Å². The van der Waals surface area contributed by atoms with Crippen molar-refractivity contribution < 1.29 is 9.53 Å². The summed E-state index contributed by atoms with van der Waals surface area (Å²) in [6.45, 7) is 5.69. The van der Waals surface area contributed by atoms with Crippen LogP contribution in [0.3, 0.4) is 0 Å². The van der Waals surface area contributed by atoms with Crippen molar-refractivity contribution >= 4 is 12.1 Å². The summed E-state index contributed by atoms with van der Waals surface area (Å²) in [5.41, 5.74) is 0. The first-order chi connectivity index (χ1) is 8.70. The molecular formula is C14H20N2O2. The molecule has 0 radical (unpaired) electrons. The lowest BCUT2D eigenvalue weighted by molar-refractivity contribution is -0.111. The second-order valence-corrected chi connectivity index (χ2v) is 4.98. The Morgan fingerprint density at radius 1 is 1.56 bits per heavy atom. The molecule has 1 aliphatic heterocycles. The molecule has 0 aliphatic carbocycles. The van der Waals surface area contributed by atoms with E-state index in [0.717, 1.165) is 43.8 Å². The maximum absolute atomic E-state index is 10.9. The van der Waals surface area contributed by atoms with E-state index in [4.69, 9.17) is 4.74 Å². The van der Waals surface area contributed by atoms with Crippen LogP contribution >= 0.6 is 0 Å². The molecule has 4 nitrogen and oxygen atoms in total. The van der Waals surface area contributed by atoms with Gasteiger partial charge in [0.2, 0.25) is 0 Å². The summed E-state index contributed by atoms with van der Waals surface area (Å²) in [5.74, 6) is 1.78. The first-order valence-corrected chi connectivity index (χ1v) is 6.52. The van der Waals surface area contributed by atoms with Gasteiger partial charge < -0.3 is 14.4 Å². The fourth-order valence-corrected chi connectivity index (χ4v) is 2.28. The van der Waals surface area contributed by atoms with Crippen LogP contribution in [0.4, 0.5) is 5.82 Å². The van der Waals surface area contributed by atoms with E-state index in [1.54, 1.807) is 6.20 Å². The van der Waals surface area contributed by atoms with E-state index in [9.17, 15) is 4.79 Å². The van der Waals surface area contributed by atoms with E-state index in [1.165, 1.54) is 0 Å². The molecule has 0 aromatic carbocycles. The summed E-state index contributed by atoms with van der Waals surface area (Å²) >= 11 is 0. The number of hydrogen-bond acceptors (Lipinski definition) is 4. The SMILES string of the molecule is CC(C)Oc1cccnc1N1CCCC(C=O)C1. The van der Waals surface area contributed by atoms with Crippen LogP contribution in [0.15, 0.2) is 18.3 Å². The summed E-state index contributed by atoms with van der Waals surface area (Å²) < 4.78 is 5.77. The zero-order valence-electron chi connectivity index (χ0n) is 11.0. The van der Waals surface area contributed by atoms with Crippen LogP contribution in [0.25, 0.3) is 0 Å². The molecule has 0 saturated carbocycles. The molecule has 2 heterocycles. The molecule has 18 heavy (non-hydrogen) atoms. The molecular weight excluding hydrogens is 228 g/mol. The third-order valence-electron chi connectivity index (χ3n) is 3.06. The predicted octanol–water partition coefficient (Wildman–Crippen LogP) is 2.28. The van der Waals surface area contributed by atoms with Crippen molar-refractivity contribution in [2.75, 3.05) is 18.0 Å². The van der Waals surface area contributed by atoms with Crippen molar-refractivity contribution in [1.82, 2.24) is 4.98 Å². The van der Waals surface area contributed by atoms with Crippen molar-refractivity contribution in [2.45, 2.75) is 32.8 Å². The number of carbonyl (C=O) groups is 1. The molecule has 1 aromatic rings. The summed E-state index contributed by atoms with van der Waals surface area (Å²) in [6, 6.07) is 3.81. The normalized spacial score (nSPS) is 19.9. The van der Waals surface area contributed by atoms with E-state index >= 15 is 0 Å². The molecule has 1 aliphatic rings. The van der Waals surface area contributed by atoms with E-state index < -0.39 is 0 Å². The van der Waals surface area contributed by atoms with Crippen molar-refractivity contribution in [1.29, 1.82) is 0 Å². The van der Waals surface area contributed by atoms with Crippen LogP contribution in [-0.2, 0) is 4.79 Å². The van der Waals surface area contributed by atoms with Gasteiger partial charge in [0.05, 0.1) is 6.10 Å². The predicted molar refractivity (Wildman–Crippen MR) is 71.0 cm³/mol. The quantitative estimate of drug-likeness (QED) is 0.767. The average Bonchev–Trinajstić information content (AvgIpc) is 2.39. The molecule has 0 N–H and O–H groups in total. The Bertz CT molecular complexity index is 407. The number of aromatic nitrogens is 1. The third kappa shape index (κ3) is 3.00. The number of ether oxygens (including phenoxy) is 1. The summed E-state index contributed by atoms with van der Waals surface area (Å²) in [7, 11) is 0. The van der Waals surface area contributed by atoms with Gasteiger partial charge in [0.25, 0.3) is 0 Å². The van der Waals surface area contributed by atoms with Gasteiger partial charge in [0.1, 0.15) is 6.29 Å². The standard InChI is InChI=1S/C14H20N2O2/c1-11(2)18-13-6-3-7-15-14(13)16-8-4-5-12(9-16)10-17/h3,6-7,10-12H,4-5,8-9H2,1-2H3. The van der Waals surface area contributed by atoms with Crippen molar-refractivity contribution in [3.05, 3.63) is 18.3 Å². The lowest BCUT2D eigenvalue weighted by Gasteiger charge is -2.32. The van der Waals surface area contributed by atoms with Crippen LogP contribution in [0.5, 0.6) is 5.75 Å². The first-order valence-electron chi connectivity index (χ1n) is 6.52. The fourth-order valence-electron chi connectivity index (χ4n) is 2.28. The number of anilines is 1. The first kappa shape index (κ1) is 12.9. The lowest BCUT2D eigenvalue weighted by atomic mass is 10.00. The van der Waals surface area contributed by atoms with E-state index in [-0.39, 0.29) is 12.0 Å². The topological polar surface area (TPSA) is 42.4 Å². The number of carbonyl (C=O) groups excluding carboxylic acids is 1. The number of pyridine rings is 1. The highest BCUT2D eigenvalue weighted by Gasteiger charge is 2.22. The molecule has 98 valence electrons. The Kier molecular flexibility index (Phi) is 4.18. The second kappa shape index (κ2) is 5.85. The van der Waals surface area contributed by atoms with E-state index in [0.29, 0.717) is 0 Å². The second-order valence-electron chi connectivity index (χ2n) is 4.98. The van der Waals surface area contributed by atoms with Crippen molar-refractivity contribution in [2.24, 2.45) is 5.92 Å². The Hall–Kier alpha value is -1.58. The van der Waals surface area contributed by atoms with Gasteiger partial charge in [-0.2, -0.15) is 0 Å². The Labute approximate surface area is 108 Å². The lowest BCUT2D eigenvalue weighted by Crippen LogP contribution is -2.36. The number of nitrogens with zero attached hydrogens (tertiary/aromatic N) is 2. The summed E-state index contributed by atoms with van der Waals surface area (Å²) in [4.78, 5) is 17.5. The van der Waals surface area contributed by atoms with Gasteiger partial charge in [-0.15, -0.1) is 0 Å². The minimum atomic E-state index is 0.118. The van der Waals surface area contributed by atoms with Gasteiger partial charge in [0.15, 0.2) is 11.6 Å². The van der Waals surface area contributed by atoms with Crippen molar-refractivity contribution in [3.63, 3.8) is 0 Å². The van der Waals surface area contributed by atoms with Crippen LogP contribution in [0, 0.1) is 5.92 Å². The minimum absolute atomic E-state index is 0.118. The molecule has 4 heteroatoms. The highest BCUT2D eigenvalue weighted by Crippen LogP contribution is 2.29. The van der Waals surface area contributed by atoms with Gasteiger partial charge in [-0.05, 0) is 38.8 Å². The molecule has 1 atom stereocenters. The maximum Gasteiger partial charge on any atom is 0.171 e. The monoisotopic (exact) mass is 248 g/mol. The highest BCUT2D eigenvalue weighted by molar-refractivity contribution is 5.58. The zero-order chi connectivity index (χ0) is 13.0. The van der Waals surface area contributed by atoms with Gasteiger partial charge >= 0.3 is 0 Å². The van der Waals surface area contributed by atoms with Crippen LogP contribution in [0.2, 0.25) is 0 Å². The van der Waals surface area contributed by atoms with Crippen LogP contribution < -0.4 is 9.64 Å². The Balaban J connectivity index is 2.18. The van der Waals surface area contributed by atoms with Gasteiger partial charge in [-0.25, -0.2) is 4.98 Å². The number of piperidine rings is 1. The van der Waals surface area contributed by atoms with Crippen LogP contribution in [0.1, 0.15) is 26.7 Å². The molecule has 1 fully saturated rings. The third-order valence-corrected chi connectivity index (χ3v) is 3.06. The van der Waals surface area contributed by atoms with E-state index in [2.05, 4.69) is 9.88 Å². The molecule has 0 amide bonds. The smallest absolute Gasteiger partial charge is 0.171 e. The molecule has 0 bridgehead atoms. The Morgan fingerprint density at radius 3 is 3.11 bits per heavy atom. The maximum atomic E-state index is 10.9. The highest BCUT2D eigenvalue weighted by atomic mass is 16.5. The van der Waals surface area contributed by atoms with Crippen molar-refractivity contribution in [3.8, 4) is 5.75 Å². The Morgan fingerprint density at radius 2 is 2.39 bits per heavy atom. The van der Waals surface area contributed by atoms with Gasteiger partial charge in [-0.1, -0.05) is 0 Å².